The molecule has 0 aliphatic carbocycles. The number of methoxy groups -OCH3 is 1. The van der Waals surface area contributed by atoms with Gasteiger partial charge in [0.05, 0.1) is 25.0 Å². The Morgan fingerprint density at radius 1 is 1.32 bits per heavy atom. The molecule has 0 fully saturated rings. The van der Waals surface area contributed by atoms with Gasteiger partial charge in [0.2, 0.25) is 4.77 Å². The molecule has 146 valence electrons. The summed E-state index contributed by atoms with van der Waals surface area (Å²) in [5.41, 5.74) is 1.60. The van der Waals surface area contributed by atoms with E-state index in [4.69, 9.17) is 33.3 Å². The third-order valence-corrected chi connectivity index (χ3v) is 4.40. The molecule has 0 saturated heterocycles. The van der Waals surface area contributed by atoms with Crippen LogP contribution in [-0.4, -0.2) is 34.8 Å². The molecule has 1 aromatic heterocycles. The molecule has 0 spiro atoms. The second-order valence-electron chi connectivity index (χ2n) is 5.77. The van der Waals surface area contributed by atoms with Crippen molar-refractivity contribution in [3.05, 3.63) is 69.0 Å². The van der Waals surface area contributed by atoms with Crippen molar-refractivity contribution in [2.24, 2.45) is 5.10 Å². The number of hydrogen-bond acceptors (Lipinski definition) is 5. The largest absolute Gasteiger partial charge is 0.491 e. The second-order valence-corrected chi connectivity index (χ2v) is 6.57. The second kappa shape index (κ2) is 8.99. The lowest BCUT2D eigenvalue weighted by atomic mass is 10.1. The van der Waals surface area contributed by atoms with Crippen molar-refractivity contribution in [2.45, 2.75) is 13.3 Å². The van der Waals surface area contributed by atoms with Crippen molar-refractivity contribution in [3.8, 4) is 11.5 Å². The Labute approximate surface area is 171 Å². The molecule has 3 aromatic rings. The van der Waals surface area contributed by atoms with Gasteiger partial charge in [-0.25, -0.2) is 4.39 Å². The van der Waals surface area contributed by atoms with Crippen LogP contribution in [0.4, 0.5) is 4.39 Å². The maximum atomic E-state index is 13.1. The summed E-state index contributed by atoms with van der Waals surface area (Å²) in [6, 6.07) is 9.69. The van der Waals surface area contributed by atoms with Crippen LogP contribution in [0.2, 0.25) is 5.02 Å². The lowest BCUT2D eigenvalue weighted by molar-refractivity contribution is 0.311. The Morgan fingerprint density at radius 3 is 2.75 bits per heavy atom. The van der Waals surface area contributed by atoms with Crippen LogP contribution < -0.4 is 9.47 Å². The van der Waals surface area contributed by atoms with Gasteiger partial charge in [0.1, 0.15) is 5.82 Å². The monoisotopic (exact) mass is 420 g/mol. The number of rotatable bonds is 7. The van der Waals surface area contributed by atoms with Crippen LogP contribution in [0, 0.1) is 10.6 Å². The van der Waals surface area contributed by atoms with Gasteiger partial charge in [-0.1, -0.05) is 23.7 Å². The van der Waals surface area contributed by atoms with Gasteiger partial charge in [-0.15, -0.1) is 0 Å². The predicted molar refractivity (Wildman–Crippen MR) is 109 cm³/mol. The predicted octanol–water partition coefficient (Wildman–Crippen LogP) is 4.61. The smallest absolute Gasteiger partial charge is 0.216 e. The van der Waals surface area contributed by atoms with Gasteiger partial charge in [0.15, 0.2) is 17.3 Å². The fraction of sp³-hybridized carbons (Fsp3) is 0.211. The molecule has 28 heavy (non-hydrogen) atoms. The Kier molecular flexibility index (Phi) is 6.43. The number of nitrogens with zero attached hydrogens (tertiary/aromatic N) is 3. The SMILES string of the molecule is CCOc1cc(/C=N\n2c(Cc3ccc(F)cc3)n[nH]c2=S)cc(Cl)c1OC. The zero-order valence-electron chi connectivity index (χ0n) is 15.3. The van der Waals surface area contributed by atoms with Crippen LogP contribution in [0.5, 0.6) is 11.5 Å². The maximum Gasteiger partial charge on any atom is 0.216 e. The van der Waals surface area contributed by atoms with E-state index in [1.54, 1.807) is 30.5 Å². The number of halogens is 2. The number of hydrogen-bond donors (Lipinski definition) is 1. The quantitative estimate of drug-likeness (QED) is 0.447. The molecule has 0 unspecified atom stereocenters. The van der Waals surface area contributed by atoms with E-state index < -0.39 is 0 Å². The molecule has 0 saturated carbocycles. The molecule has 0 radical (unpaired) electrons. The van der Waals surface area contributed by atoms with Crippen molar-refractivity contribution < 1.29 is 13.9 Å². The van der Waals surface area contributed by atoms with Crippen molar-refractivity contribution in [1.82, 2.24) is 14.9 Å². The van der Waals surface area contributed by atoms with Gasteiger partial charge in [-0.2, -0.15) is 14.9 Å². The van der Waals surface area contributed by atoms with E-state index >= 15 is 0 Å². The zero-order valence-corrected chi connectivity index (χ0v) is 16.9. The highest BCUT2D eigenvalue weighted by atomic mass is 35.5. The van der Waals surface area contributed by atoms with Gasteiger partial charge in [-0.3, -0.25) is 5.10 Å². The van der Waals surface area contributed by atoms with Gasteiger partial charge in [0.25, 0.3) is 0 Å². The number of aromatic amines is 1. The molecular formula is C19H18ClFN4O2S. The summed E-state index contributed by atoms with van der Waals surface area (Å²) in [7, 11) is 1.53. The minimum atomic E-state index is -0.290. The highest BCUT2D eigenvalue weighted by Crippen LogP contribution is 2.35. The first kappa shape index (κ1) is 20.0. The fourth-order valence-corrected chi connectivity index (χ4v) is 3.08. The molecule has 0 amide bonds. The van der Waals surface area contributed by atoms with Crippen LogP contribution in [0.3, 0.4) is 0 Å². The van der Waals surface area contributed by atoms with Gasteiger partial charge >= 0.3 is 0 Å². The topological polar surface area (TPSA) is 64.4 Å². The van der Waals surface area contributed by atoms with Gasteiger partial charge < -0.3 is 9.47 Å². The number of aromatic nitrogens is 3. The summed E-state index contributed by atoms with van der Waals surface area (Å²) >= 11 is 11.5. The average Bonchev–Trinajstić information content (AvgIpc) is 3.01. The van der Waals surface area contributed by atoms with E-state index in [1.807, 2.05) is 6.92 Å². The summed E-state index contributed by atoms with van der Waals surface area (Å²) < 4.78 is 25.8. The van der Waals surface area contributed by atoms with E-state index in [1.165, 1.54) is 23.9 Å². The molecule has 0 bridgehead atoms. The molecule has 1 heterocycles. The Bertz CT molecular complexity index is 1050. The first-order valence-electron chi connectivity index (χ1n) is 8.47. The minimum Gasteiger partial charge on any atom is -0.491 e. The maximum absolute atomic E-state index is 13.1. The molecule has 0 aliphatic heterocycles. The minimum absolute atomic E-state index is 0.290. The molecule has 6 nitrogen and oxygen atoms in total. The molecule has 0 atom stereocenters. The molecular weight excluding hydrogens is 403 g/mol. The van der Waals surface area contributed by atoms with E-state index in [-0.39, 0.29) is 5.82 Å². The van der Waals surface area contributed by atoms with Crippen molar-refractivity contribution in [3.63, 3.8) is 0 Å². The molecule has 3 rings (SSSR count). The van der Waals surface area contributed by atoms with E-state index in [0.29, 0.717) is 45.7 Å². The number of ether oxygens (including phenoxy) is 2. The Balaban J connectivity index is 1.89. The molecule has 9 heteroatoms. The number of H-pyrrole nitrogens is 1. The van der Waals surface area contributed by atoms with E-state index in [2.05, 4.69) is 15.3 Å². The summed E-state index contributed by atoms with van der Waals surface area (Å²) in [5.74, 6) is 1.30. The van der Waals surface area contributed by atoms with E-state index in [0.717, 1.165) is 5.56 Å². The fourth-order valence-electron chi connectivity index (χ4n) is 2.59. The van der Waals surface area contributed by atoms with Gasteiger partial charge in [0, 0.05) is 6.42 Å². The lowest BCUT2D eigenvalue weighted by Gasteiger charge is -2.11. The lowest BCUT2D eigenvalue weighted by Crippen LogP contribution is -2.01. The van der Waals surface area contributed by atoms with Crippen LogP contribution in [0.15, 0.2) is 41.5 Å². The third-order valence-electron chi connectivity index (χ3n) is 3.85. The van der Waals surface area contributed by atoms with Crippen molar-refractivity contribution in [2.75, 3.05) is 13.7 Å². The molecule has 0 aliphatic rings. The highest BCUT2D eigenvalue weighted by molar-refractivity contribution is 7.71. The van der Waals surface area contributed by atoms with Gasteiger partial charge in [-0.05, 0) is 54.5 Å². The van der Waals surface area contributed by atoms with Crippen LogP contribution in [0.25, 0.3) is 0 Å². The first-order valence-corrected chi connectivity index (χ1v) is 9.26. The zero-order chi connectivity index (χ0) is 20.1. The highest BCUT2D eigenvalue weighted by Gasteiger charge is 2.11. The van der Waals surface area contributed by atoms with Crippen LogP contribution in [0.1, 0.15) is 23.9 Å². The average molecular weight is 421 g/mol. The normalized spacial score (nSPS) is 11.1. The summed E-state index contributed by atoms with van der Waals surface area (Å²) in [6.07, 6.45) is 2.05. The molecule has 1 N–H and O–H groups in total. The third kappa shape index (κ3) is 4.58. The Hall–Kier alpha value is -2.71. The number of nitrogens with one attached hydrogen (secondary N) is 1. The Morgan fingerprint density at radius 2 is 2.07 bits per heavy atom. The standard InChI is InChI=1S/C19H18ClFN4O2S/c1-3-27-16-9-13(8-15(20)18(16)26-2)11-22-25-17(23-24-19(25)28)10-12-4-6-14(21)7-5-12/h4-9,11H,3,10H2,1-2H3,(H,24,28)/b22-11-. The van der Waals surface area contributed by atoms with Crippen LogP contribution in [-0.2, 0) is 6.42 Å². The summed E-state index contributed by atoms with van der Waals surface area (Å²) in [6.45, 7) is 2.35. The van der Waals surface area contributed by atoms with E-state index in [9.17, 15) is 4.39 Å². The van der Waals surface area contributed by atoms with Crippen LogP contribution >= 0.6 is 23.8 Å². The number of benzene rings is 2. The van der Waals surface area contributed by atoms with Crippen molar-refractivity contribution in [1.29, 1.82) is 0 Å². The first-order chi connectivity index (χ1) is 13.5. The summed E-state index contributed by atoms with van der Waals surface area (Å²) in [4.78, 5) is 0. The molecule has 2 aromatic carbocycles. The van der Waals surface area contributed by atoms with Crippen molar-refractivity contribution >= 4 is 30.0 Å². The summed E-state index contributed by atoms with van der Waals surface area (Å²) in [5, 5.41) is 11.8.